The summed E-state index contributed by atoms with van der Waals surface area (Å²) in [6.45, 7) is 2.34. The summed E-state index contributed by atoms with van der Waals surface area (Å²) in [4.78, 5) is 4.09. The molecule has 20 heavy (non-hydrogen) atoms. The van der Waals surface area contributed by atoms with Crippen molar-refractivity contribution in [3.8, 4) is 11.5 Å². The molecule has 4 nitrogen and oxygen atoms in total. The topological polar surface area (TPSA) is 36.3 Å². The van der Waals surface area contributed by atoms with Gasteiger partial charge in [0.05, 0.1) is 11.0 Å². The van der Waals surface area contributed by atoms with E-state index in [9.17, 15) is 17.6 Å². The summed E-state index contributed by atoms with van der Waals surface area (Å²) in [7, 11) is 0. The first-order valence-corrected chi connectivity index (χ1v) is 6.38. The van der Waals surface area contributed by atoms with Crippen LogP contribution in [0.2, 0.25) is 0 Å². The zero-order chi connectivity index (χ0) is 14.7. The minimum Gasteiger partial charge on any atom is -0.421 e. The largest absolute Gasteiger partial charge is 0.507 e. The van der Waals surface area contributed by atoms with E-state index in [1.165, 1.54) is 6.07 Å². The molecule has 0 aliphatic carbocycles. The molecule has 1 aromatic heterocycles. The number of alkyl halides is 4. The molecule has 1 aromatic carbocycles. The number of hydrogen-bond acceptors (Lipinski definition) is 3. The third-order valence-corrected chi connectivity index (χ3v) is 3.50. The first-order chi connectivity index (χ1) is 9.25. The molecule has 0 bridgehead atoms. The smallest absolute Gasteiger partial charge is 0.421 e. The van der Waals surface area contributed by atoms with Gasteiger partial charge in [-0.2, -0.15) is 17.6 Å². The molecule has 0 fully saturated rings. The third-order valence-electron chi connectivity index (χ3n) is 2.90. The van der Waals surface area contributed by atoms with E-state index in [4.69, 9.17) is 0 Å². The van der Waals surface area contributed by atoms with E-state index < -0.39 is 23.7 Å². The molecule has 0 amide bonds. The predicted octanol–water partition coefficient (Wildman–Crippen LogP) is 3.78. The van der Waals surface area contributed by atoms with E-state index in [2.05, 4.69) is 30.4 Å². The van der Waals surface area contributed by atoms with E-state index in [-0.39, 0.29) is 0 Å². The number of aromatic nitrogens is 2. The maximum absolute atomic E-state index is 13.1. The van der Waals surface area contributed by atoms with Crippen LogP contribution in [0.3, 0.4) is 0 Å². The number of benzene rings is 1. The van der Waals surface area contributed by atoms with Gasteiger partial charge in [0.25, 0.3) is 0 Å². The van der Waals surface area contributed by atoms with Crippen LogP contribution < -0.4 is 9.47 Å². The summed E-state index contributed by atoms with van der Waals surface area (Å²) in [5.41, 5.74) is 0.810. The fraction of sp³-hybridized carbons (Fsp3) is 0.364. The van der Waals surface area contributed by atoms with Crippen LogP contribution in [0.15, 0.2) is 16.9 Å². The lowest BCUT2D eigenvalue weighted by atomic mass is 10.2. The number of nitrogens with zero attached hydrogens (tertiary/aromatic N) is 2. The van der Waals surface area contributed by atoms with Crippen LogP contribution in [0.25, 0.3) is 11.0 Å². The number of halogens is 5. The van der Waals surface area contributed by atoms with Crippen molar-refractivity contribution in [2.45, 2.75) is 25.7 Å². The van der Waals surface area contributed by atoms with Gasteiger partial charge in [-0.1, -0.05) is 0 Å². The first-order valence-electron chi connectivity index (χ1n) is 5.58. The minimum absolute atomic E-state index is 0.335. The van der Waals surface area contributed by atoms with E-state index in [1.54, 1.807) is 4.57 Å². The number of ether oxygens (including phenoxy) is 2. The van der Waals surface area contributed by atoms with E-state index in [1.807, 2.05) is 6.92 Å². The lowest BCUT2D eigenvalue weighted by Crippen LogP contribution is -2.52. The van der Waals surface area contributed by atoms with E-state index in [0.717, 1.165) is 6.07 Å². The van der Waals surface area contributed by atoms with Gasteiger partial charge in [0.15, 0.2) is 16.2 Å². The highest BCUT2D eigenvalue weighted by Gasteiger charge is 2.66. The summed E-state index contributed by atoms with van der Waals surface area (Å²) in [5, 5.41) is 0. The number of fused-ring (bicyclic) bond motifs is 2. The van der Waals surface area contributed by atoms with Crippen LogP contribution >= 0.6 is 15.9 Å². The monoisotopic (exact) mass is 354 g/mol. The first kappa shape index (κ1) is 13.5. The Labute approximate surface area is 118 Å². The molecule has 1 aliphatic heterocycles. The van der Waals surface area contributed by atoms with Crippen LogP contribution in [0.4, 0.5) is 17.6 Å². The number of imidazole rings is 1. The molecule has 9 heteroatoms. The summed E-state index contributed by atoms with van der Waals surface area (Å²) in [6, 6.07) is 2.35. The maximum atomic E-state index is 13.1. The molecule has 0 atom stereocenters. The van der Waals surface area contributed by atoms with Crippen molar-refractivity contribution < 1.29 is 27.0 Å². The fourth-order valence-electron chi connectivity index (χ4n) is 1.96. The predicted molar refractivity (Wildman–Crippen MR) is 64.3 cm³/mol. The minimum atomic E-state index is -4.72. The van der Waals surface area contributed by atoms with Crippen LogP contribution in [-0.4, -0.2) is 21.8 Å². The van der Waals surface area contributed by atoms with Crippen molar-refractivity contribution >= 4 is 27.0 Å². The second kappa shape index (κ2) is 4.00. The second-order valence-electron chi connectivity index (χ2n) is 4.15. The molecule has 0 N–H and O–H groups in total. The normalized spacial score (nSPS) is 19.3. The molecule has 2 aromatic rings. The van der Waals surface area contributed by atoms with Crippen LogP contribution in [0.1, 0.15) is 6.92 Å². The Morgan fingerprint density at radius 2 is 1.70 bits per heavy atom. The van der Waals surface area contributed by atoms with Gasteiger partial charge in [-0.15, -0.1) is 0 Å². The van der Waals surface area contributed by atoms with Crippen LogP contribution in [0.5, 0.6) is 11.5 Å². The van der Waals surface area contributed by atoms with Crippen molar-refractivity contribution in [2.75, 3.05) is 0 Å². The van der Waals surface area contributed by atoms with Crippen molar-refractivity contribution in [3.63, 3.8) is 0 Å². The van der Waals surface area contributed by atoms with Crippen molar-refractivity contribution in [1.82, 2.24) is 9.55 Å². The number of aryl methyl sites for hydroxylation is 1. The molecule has 0 radical (unpaired) electrons. The van der Waals surface area contributed by atoms with Crippen LogP contribution in [-0.2, 0) is 6.54 Å². The van der Waals surface area contributed by atoms with Crippen LogP contribution in [0, 0.1) is 0 Å². The average molecular weight is 355 g/mol. The number of hydrogen-bond donors (Lipinski definition) is 0. The van der Waals surface area contributed by atoms with Crippen molar-refractivity contribution in [2.24, 2.45) is 0 Å². The van der Waals surface area contributed by atoms with Gasteiger partial charge in [-0.05, 0) is 22.9 Å². The Morgan fingerprint density at radius 1 is 1.15 bits per heavy atom. The highest BCUT2D eigenvalue weighted by Crippen LogP contribution is 2.48. The molecule has 0 saturated carbocycles. The summed E-state index contributed by atoms with van der Waals surface area (Å²) in [6.07, 6.45) is -9.44. The molecule has 3 rings (SSSR count). The van der Waals surface area contributed by atoms with E-state index >= 15 is 0 Å². The van der Waals surface area contributed by atoms with Gasteiger partial charge in [0.2, 0.25) is 0 Å². The third kappa shape index (κ3) is 1.75. The van der Waals surface area contributed by atoms with E-state index in [0.29, 0.717) is 22.3 Å². The summed E-state index contributed by atoms with van der Waals surface area (Å²) in [5.74, 6) is -0.919. The van der Waals surface area contributed by atoms with Crippen molar-refractivity contribution in [1.29, 1.82) is 0 Å². The average Bonchev–Trinajstić information content (AvgIpc) is 2.61. The maximum Gasteiger partial charge on any atom is 0.507 e. The highest BCUT2D eigenvalue weighted by molar-refractivity contribution is 9.10. The Balaban J connectivity index is 2.21. The Morgan fingerprint density at radius 3 is 2.25 bits per heavy atom. The van der Waals surface area contributed by atoms with Gasteiger partial charge in [-0.3, -0.25) is 0 Å². The molecule has 108 valence electrons. The Kier molecular flexibility index (Phi) is 2.69. The fourth-order valence-corrected chi connectivity index (χ4v) is 2.59. The van der Waals surface area contributed by atoms with Gasteiger partial charge in [0.1, 0.15) is 0 Å². The zero-order valence-electron chi connectivity index (χ0n) is 9.96. The van der Waals surface area contributed by atoms with Gasteiger partial charge >= 0.3 is 12.2 Å². The second-order valence-corrected chi connectivity index (χ2v) is 4.86. The van der Waals surface area contributed by atoms with Gasteiger partial charge in [-0.25, -0.2) is 4.98 Å². The zero-order valence-corrected chi connectivity index (χ0v) is 11.5. The standard InChI is InChI=1S/C11H7BrF4N2O2/c1-2-18-6-4-8-7(3-5(6)17-9(18)12)19-10(13,14)11(15,16)20-8/h3-4H,2H2,1H3. The number of rotatable bonds is 1. The summed E-state index contributed by atoms with van der Waals surface area (Å²) >= 11 is 3.20. The molecule has 1 aliphatic rings. The molecule has 0 spiro atoms. The van der Waals surface area contributed by atoms with Gasteiger partial charge < -0.3 is 14.0 Å². The lowest BCUT2D eigenvalue weighted by molar-refractivity contribution is -0.391. The molecular weight excluding hydrogens is 348 g/mol. The van der Waals surface area contributed by atoms with Gasteiger partial charge in [0, 0.05) is 18.7 Å². The molecule has 0 unspecified atom stereocenters. The highest BCUT2D eigenvalue weighted by atomic mass is 79.9. The SMILES string of the molecule is CCn1c(Br)nc2cc3c(cc21)OC(F)(F)C(F)(F)O3. The Hall–Kier alpha value is -1.51. The Bertz CT molecular complexity index is 701. The van der Waals surface area contributed by atoms with Crippen molar-refractivity contribution in [3.05, 3.63) is 16.9 Å². The lowest BCUT2D eigenvalue weighted by Gasteiger charge is -2.31. The quantitative estimate of drug-likeness (QED) is 0.731. The molecule has 2 heterocycles. The summed E-state index contributed by atoms with van der Waals surface area (Å²) < 4.78 is 62.7. The molecule has 0 saturated heterocycles. The molecular formula is C11H7BrF4N2O2.